The van der Waals surface area contributed by atoms with Crippen molar-refractivity contribution in [2.75, 3.05) is 0 Å². The fraction of sp³-hybridized carbons (Fsp3) is 0.625. The van der Waals surface area contributed by atoms with Crippen LogP contribution < -0.4 is 5.32 Å². The van der Waals surface area contributed by atoms with Crippen molar-refractivity contribution in [1.29, 1.82) is 0 Å². The van der Waals surface area contributed by atoms with Crippen LogP contribution in [0.1, 0.15) is 72.0 Å². The summed E-state index contributed by atoms with van der Waals surface area (Å²) in [5.74, 6) is 0.913. The van der Waals surface area contributed by atoms with Gasteiger partial charge in [0.2, 0.25) is 5.89 Å². The first-order chi connectivity index (χ1) is 11.0. The molecular formula is C16H23N5O2. The van der Waals surface area contributed by atoms with Crippen molar-refractivity contribution < 1.29 is 9.32 Å². The van der Waals surface area contributed by atoms with E-state index in [0.29, 0.717) is 17.4 Å². The van der Waals surface area contributed by atoms with Crippen LogP contribution in [-0.4, -0.2) is 26.2 Å². The van der Waals surface area contributed by atoms with Gasteiger partial charge < -0.3 is 9.84 Å². The minimum atomic E-state index is -0.565. The molecule has 0 unspecified atom stereocenters. The topological polar surface area (TPSA) is 96.7 Å². The Labute approximate surface area is 135 Å². The minimum absolute atomic E-state index is 0.184. The Hall–Kier alpha value is -2.18. The monoisotopic (exact) mass is 317 g/mol. The van der Waals surface area contributed by atoms with Gasteiger partial charge in [0, 0.05) is 18.2 Å². The van der Waals surface area contributed by atoms with E-state index >= 15 is 0 Å². The summed E-state index contributed by atoms with van der Waals surface area (Å²) in [5.41, 5.74) is 1.65. The van der Waals surface area contributed by atoms with Gasteiger partial charge in [-0.15, -0.1) is 0 Å². The van der Waals surface area contributed by atoms with Gasteiger partial charge in [-0.1, -0.05) is 30.8 Å². The van der Waals surface area contributed by atoms with Gasteiger partial charge in [-0.2, -0.15) is 10.1 Å². The summed E-state index contributed by atoms with van der Waals surface area (Å²) in [4.78, 5) is 17.2. The Bertz CT molecular complexity index is 695. The van der Waals surface area contributed by atoms with E-state index in [1.54, 1.807) is 6.92 Å². The van der Waals surface area contributed by atoms with Gasteiger partial charge in [0.15, 0.2) is 11.5 Å². The highest BCUT2D eigenvalue weighted by atomic mass is 16.5. The average Bonchev–Trinajstić information content (AvgIpc) is 3.01. The summed E-state index contributed by atoms with van der Waals surface area (Å²) < 4.78 is 5.16. The SMILES string of the molecule is Cc1nc(C2(NC(=O)c3n[nH]c(C)c3C)CCCCCC2)no1. The highest BCUT2D eigenvalue weighted by molar-refractivity contribution is 5.94. The molecule has 2 aromatic heterocycles. The van der Waals surface area contributed by atoms with E-state index in [-0.39, 0.29) is 5.91 Å². The molecule has 23 heavy (non-hydrogen) atoms. The number of amides is 1. The Morgan fingerprint density at radius 3 is 2.39 bits per heavy atom. The van der Waals surface area contributed by atoms with Crippen molar-refractivity contribution in [3.63, 3.8) is 0 Å². The molecule has 1 saturated carbocycles. The second-order valence-corrected chi connectivity index (χ2v) is 6.41. The number of rotatable bonds is 3. The Kier molecular flexibility index (Phi) is 4.19. The lowest BCUT2D eigenvalue weighted by atomic mass is 9.89. The molecule has 1 aliphatic rings. The van der Waals surface area contributed by atoms with Crippen LogP contribution in [0.25, 0.3) is 0 Å². The van der Waals surface area contributed by atoms with Gasteiger partial charge in [-0.05, 0) is 26.7 Å². The number of carbonyl (C=O) groups excluding carboxylic acids is 1. The molecule has 1 aliphatic carbocycles. The molecule has 3 rings (SSSR count). The predicted molar refractivity (Wildman–Crippen MR) is 83.9 cm³/mol. The summed E-state index contributed by atoms with van der Waals surface area (Å²) in [6, 6.07) is 0. The number of H-pyrrole nitrogens is 1. The van der Waals surface area contributed by atoms with Gasteiger partial charge in [-0.25, -0.2) is 0 Å². The molecule has 2 N–H and O–H groups in total. The number of nitrogens with zero attached hydrogens (tertiary/aromatic N) is 3. The Morgan fingerprint density at radius 1 is 1.17 bits per heavy atom. The van der Waals surface area contributed by atoms with E-state index in [0.717, 1.165) is 49.8 Å². The molecular weight excluding hydrogens is 294 g/mol. The van der Waals surface area contributed by atoms with Crippen molar-refractivity contribution in [3.8, 4) is 0 Å². The number of aromatic nitrogens is 4. The lowest BCUT2D eigenvalue weighted by Crippen LogP contribution is -2.46. The maximum atomic E-state index is 12.8. The maximum absolute atomic E-state index is 12.8. The largest absolute Gasteiger partial charge is 0.340 e. The summed E-state index contributed by atoms with van der Waals surface area (Å²) >= 11 is 0. The van der Waals surface area contributed by atoms with Crippen molar-refractivity contribution in [2.45, 2.75) is 64.8 Å². The minimum Gasteiger partial charge on any atom is -0.340 e. The maximum Gasteiger partial charge on any atom is 0.272 e. The van der Waals surface area contributed by atoms with Crippen LogP contribution in [0.5, 0.6) is 0 Å². The highest BCUT2D eigenvalue weighted by Crippen LogP contribution is 2.35. The van der Waals surface area contributed by atoms with E-state index < -0.39 is 5.54 Å². The van der Waals surface area contributed by atoms with Crippen molar-refractivity contribution in [3.05, 3.63) is 28.7 Å². The predicted octanol–water partition coefficient (Wildman–Crippen LogP) is 2.70. The summed E-state index contributed by atoms with van der Waals surface area (Å²) in [5, 5.41) is 14.3. The Morgan fingerprint density at radius 2 is 1.87 bits per heavy atom. The van der Waals surface area contributed by atoms with Crippen LogP contribution >= 0.6 is 0 Å². The smallest absolute Gasteiger partial charge is 0.272 e. The average molecular weight is 317 g/mol. The van der Waals surface area contributed by atoms with Gasteiger partial charge >= 0.3 is 0 Å². The van der Waals surface area contributed by atoms with E-state index in [2.05, 4.69) is 25.7 Å². The third kappa shape index (κ3) is 3.00. The van der Waals surface area contributed by atoms with Crippen LogP contribution in [0, 0.1) is 20.8 Å². The second kappa shape index (κ2) is 6.14. The molecule has 0 saturated heterocycles. The molecule has 0 aliphatic heterocycles. The van der Waals surface area contributed by atoms with Gasteiger partial charge in [-0.3, -0.25) is 9.89 Å². The van der Waals surface area contributed by atoms with Crippen molar-refractivity contribution in [1.82, 2.24) is 25.7 Å². The second-order valence-electron chi connectivity index (χ2n) is 6.41. The first kappa shape index (κ1) is 15.7. The van der Waals surface area contributed by atoms with E-state index in [9.17, 15) is 4.79 Å². The van der Waals surface area contributed by atoms with Crippen LogP contribution in [0.15, 0.2) is 4.52 Å². The zero-order valence-electron chi connectivity index (χ0n) is 13.9. The number of aromatic amines is 1. The van der Waals surface area contributed by atoms with Crippen molar-refractivity contribution in [2.24, 2.45) is 0 Å². The van der Waals surface area contributed by atoms with Gasteiger partial charge in [0.1, 0.15) is 5.54 Å². The lowest BCUT2D eigenvalue weighted by Gasteiger charge is -2.30. The molecule has 1 amide bonds. The van der Waals surface area contributed by atoms with Crippen LogP contribution in [0.3, 0.4) is 0 Å². The molecule has 0 bridgehead atoms. The Balaban J connectivity index is 1.92. The number of nitrogens with one attached hydrogen (secondary N) is 2. The molecule has 7 nitrogen and oxygen atoms in total. The summed E-state index contributed by atoms with van der Waals surface area (Å²) in [6.45, 7) is 5.57. The third-order valence-electron chi connectivity index (χ3n) is 4.73. The number of aryl methyl sites for hydroxylation is 2. The molecule has 2 aromatic rings. The quantitative estimate of drug-likeness (QED) is 0.848. The summed E-state index contributed by atoms with van der Waals surface area (Å²) in [6.07, 6.45) is 6.03. The standard InChI is InChI=1S/C16H23N5O2/c1-10-11(2)19-20-13(10)14(22)18-16(8-6-4-5-7-9-16)15-17-12(3)23-21-15/h4-9H2,1-3H3,(H,18,22)(H,19,20). The molecule has 124 valence electrons. The molecule has 0 aromatic carbocycles. The number of hydrogen-bond acceptors (Lipinski definition) is 5. The molecule has 2 heterocycles. The zero-order chi connectivity index (χ0) is 16.4. The van der Waals surface area contributed by atoms with Gasteiger partial charge in [0.25, 0.3) is 5.91 Å². The third-order valence-corrected chi connectivity index (χ3v) is 4.73. The fourth-order valence-corrected chi connectivity index (χ4v) is 3.21. The number of carbonyl (C=O) groups is 1. The van der Waals surface area contributed by atoms with Crippen LogP contribution in [0.4, 0.5) is 0 Å². The van der Waals surface area contributed by atoms with E-state index in [4.69, 9.17) is 4.52 Å². The first-order valence-corrected chi connectivity index (χ1v) is 8.17. The molecule has 0 spiro atoms. The van der Waals surface area contributed by atoms with Crippen molar-refractivity contribution >= 4 is 5.91 Å². The molecule has 7 heteroatoms. The fourth-order valence-electron chi connectivity index (χ4n) is 3.21. The first-order valence-electron chi connectivity index (χ1n) is 8.17. The molecule has 0 atom stereocenters. The van der Waals surface area contributed by atoms with E-state index in [1.165, 1.54) is 0 Å². The van der Waals surface area contributed by atoms with Gasteiger partial charge in [0.05, 0.1) is 0 Å². The van der Waals surface area contributed by atoms with Crippen LogP contribution in [-0.2, 0) is 5.54 Å². The summed E-state index contributed by atoms with van der Waals surface area (Å²) in [7, 11) is 0. The zero-order valence-corrected chi connectivity index (χ0v) is 13.9. The molecule has 0 radical (unpaired) electrons. The number of hydrogen-bond donors (Lipinski definition) is 2. The molecule has 1 fully saturated rings. The lowest BCUT2D eigenvalue weighted by molar-refractivity contribution is 0.0870. The normalized spacial score (nSPS) is 17.7. The van der Waals surface area contributed by atoms with Crippen LogP contribution in [0.2, 0.25) is 0 Å². The highest BCUT2D eigenvalue weighted by Gasteiger charge is 2.39. The van der Waals surface area contributed by atoms with E-state index in [1.807, 2.05) is 13.8 Å².